The van der Waals surface area contributed by atoms with Crippen molar-refractivity contribution in [2.75, 3.05) is 5.75 Å². The first-order valence-electron chi connectivity index (χ1n) is 5.24. The third-order valence-corrected chi connectivity index (χ3v) is 5.13. The fraction of sp³-hybridized carbons (Fsp3) is 0.636. The van der Waals surface area contributed by atoms with Gasteiger partial charge < -0.3 is 9.67 Å². The van der Waals surface area contributed by atoms with Gasteiger partial charge in [0.1, 0.15) is 0 Å². The molecule has 0 aliphatic heterocycles. The van der Waals surface area contributed by atoms with Crippen molar-refractivity contribution in [3.63, 3.8) is 0 Å². The molecule has 0 aliphatic carbocycles. The van der Waals surface area contributed by atoms with E-state index < -0.39 is 14.6 Å². The Morgan fingerprint density at radius 2 is 2.00 bits per heavy atom. The number of aliphatic hydroxyl groups excluding tert-OH is 1. The molecule has 0 aromatic carbocycles. The van der Waals surface area contributed by atoms with Crippen molar-refractivity contribution in [1.82, 2.24) is 4.57 Å². The molecule has 1 aromatic heterocycles. The number of aromatic nitrogens is 1. The van der Waals surface area contributed by atoms with Crippen LogP contribution in [0.4, 0.5) is 0 Å². The highest BCUT2D eigenvalue weighted by molar-refractivity contribution is 7.92. The Morgan fingerprint density at radius 1 is 1.38 bits per heavy atom. The normalized spacial score (nSPS) is 13.0. The maximum Gasteiger partial charge on any atom is 0.156 e. The zero-order valence-electron chi connectivity index (χ0n) is 9.97. The fourth-order valence-electron chi connectivity index (χ4n) is 1.25. The van der Waals surface area contributed by atoms with E-state index in [1.807, 2.05) is 0 Å². The van der Waals surface area contributed by atoms with Crippen LogP contribution < -0.4 is 0 Å². The molecule has 1 aromatic rings. The van der Waals surface area contributed by atoms with Crippen LogP contribution in [0.3, 0.4) is 0 Å². The van der Waals surface area contributed by atoms with Gasteiger partial charge in [0.2, 0.25) is 0 Å². The van der Waals surface area contributed by atoms with E-state index in [1.54, 1.807) is 43.8 Å². The summed E-state index contributed by atoms with van der Waals surface area (Å²) in [6, 6.07) is 1.78. The average molecular weight is 245 g/mol. The summed E-state index contributed by atoms with van der Waals surface area (Å²) in [7, 11) is -3.08. The summed E-state index contributed by atoms with van der Waals surface area (Å²) in [4.78, 5) is 0. The van der Waals surface area contributed by atoms with Crippen molar-refractivity contribution in [3.8, 4) is 0 Å². The van der Waals surface area contributed by atoms with Gasteiger partial charge in [-0.1, -0.05) is 0 Å². The third-order valence-electron chi connectivity index (χ3n) is 2.55. The van der Waals surface area contributed by atoms with E-state index in [-0.39, 0.29) is 12.4 Å². The van der Waals surface area contributed by atoms with Gasteiger partial charge in [-0.2, -0.15) is 0 Å². The van der Waals surface area contributed by atoms with Crippen molar-refractivity contribution in [2.24, 2.45) is 0 Å². The van der Waals surface area contributed by atoms with E-state index in [0.29, 0.717) is 6.54 Å². The summed E-state index contributed by atoms with van der Waals surface area (Å²) in [5.41, 5.74) is 0.799. The topological polar surface area (TPSA) is 59.3 Å². The number of rotatable bonds is 4. The Labute approximate surface area is 96.8 Å². The Balaban J connectivity index is 2.65. The second kappa shape index (κ2) is 4.59. The van der Waals surface area contributed by atoms with Crippen LogP contribution in [0, 0.1) is 0 Å². The third kappa shape index (κ3) is 3.09. The zero-order chi connectivity index (χ0) is 12.4. The molecule has 0 bridgehead atoms. The van der Waals surface area contributed by atoms with Crippen LogP contribution in [0.2, 0.25) is 0 Å². The molecule has 16 heavy (non-hydrogen) atoms. The van der Waals surface area contributed by atoms with Crippen molar-refractivity contribution >= 4 is 9.84 Å². The maximum atomic E-state index is 11.8. The van der Waals surface area contributed by atoms with E-state index >= 15 is 0 Å². The van der Waals surface area contributed by atoms with Crippen molar-refractivity contribution in [3.05, 3.63) is 24.0 Å². The van der Waals surface area contributed by atoms with Crippen molar-refractivity contribution < 1.29 is 13.5 Å². The molecule has 1 heterocycles. The standard InChI is InChI=1S/C11H19NO3S/c1-11(2,3)16(14,15)7-6-12-5-4-10(8-12)9-13/h4-5,8,13H,6-7,9H2,1-3H3. The smallest absolute Gasteiger partial charge is 0.156 e. The molecule has 0 unspecified atom stereocenters. The molecule has 0 fully saturated rings. The van der Waals surface area contributed by atoms with E-state index in [4.69, 9.17) is 5.11 Å². The maximum absolute atomic E-state index is 11.8. The number of nitrogens with zero attached hydrogens (tertiary/aromatic N) is 1. The SMILES string of the molecule is CC(C)(C)S(=O)(=O)CCn1ccc(CO)c1. The quantitative estimate of drug-likeness (QED) is 0.867. The summed E-state index contributed by atoms with van der Waals surface area (Å²) in [5.74, 6) is 0.121. The second-order valence-electron chi connectivity index (χ2n) is 4.85. The lowest BCUT2D eigenvalue weighted by Crippen LogP contribution is -2.31. The minimum Gasteiger partial charge on any atom is -0.392 e. The summed E-state index contributed by atoms with van der Waals surface area (Å²) in [6.07, 6.45) is 3.54. The first-order valence-corrected chi connectivity index (χ1v) is 6.89. The lowest BCUT2D eigenvalue weighted by molar-refractivity contribution is 0.281. The molecule has 0 spiro atoms. The van der Waals surface area contributed by atoms with Crippen LogP contribution in [0.5, 0.6) is 0 Å². The van der Waals surface area contributed by atoms with E-state index in [9.17, 15) is 8.42 Å². The zero-order valence-corrected chi connectivity index (χ0v) is 10.8. The van der Waals surface area contributed by atoms with E-state index in [2.05, 4.69) is 0 Å². The molecule has 5 heteroatoms. The van der Waals surface area contributed by atoms with Crippen molar-refractivity contribution in [1.29, 1.82) is 0 Å². The molecule has 0 radical (unpaired) electrons. The van der Waals surface area contributed by atoms with Crippen molar-refractivity contribution in [2.45, 2.75) is 38.7 Å². The molecule has 92 valence electrons. The predicted octanol–water partition coefficient (Wildman–Crippen LogP) is 1.19. The first kappa shape index (κ1) is 13.3. The Kier molecular flexibility index (Phi) is 3.80. The minimum atomic E-state index is -3.08. The summed E-state index contributed by atoms with van der Waals surface area (Å²) >= 11 is 0. The van der Waals surface area contributed by atoms with E-state index in [0.717, 1.165) is 5.56 Å². The van der Waals surface area contributed by atoms with Gasteiger partial charge >= 0.3 is 0 Å². The Bertz CT molecular complexity index is 440. The monoisotopic (exact) mass is 245 g/mol. The molecule has 1 rings (SSSR count). The second-order valence-corrected chi connectivity index (χ2v) is 7.71. The van der Waals surface area contributed by atoms with Crippen LogP contribution in [-0.2, 0) is 23.0 Å². The molecular formula is C11H19NO3S. The van der Waals surface area contributed by atoms with Gasteiger partial charge in [-0.25, -0.2) is 8.42 Å². The van der Waals surface area contributed by atoms with E-state index in [1.165, 1.54) is 0 Å². The van der Waals surface area contributed by atoms with Crippen LogP contribution in [0.15, 0.2) is 18.5 Å². The van der Waals surface area contributed by atoms with Gasteiger partial charge in [-0.05, 0) is 32.4 Å². The number of aliphatic hydroxyl groups is 1. The van der Waals surface area contributed by atoms with Crippen LogP contribution >= 0.6 is 0 Å². The average Bonchev–Trinajstić information content (AvgIpc) is 2.60. The molecule has 0 amide bonds. The highest BCUT2D eigenvalue weighted by atomic mass is 32.2. The molecular weight excluding hydrogens is 226 g/mol. The molecule has 4 nitrogen and oxygen atoms in total. The fourth-order valence-corrected chi connectivity index (χ4v) is 2.32. The first-order chi connectivity index (χ1) is 7.26. The lowest BCUT2D eigenvalue weighted by Gasteiger charge is -2.19. The Hall–Kier alpha value is -0.810. The number of sulfone groups is 1. The molecule has 0 aliphatic rings. The highest BCUT2D eigenvalue weighted by Gasteiger charge is 2.28. The molecule has 0 atom stereocenters. The number of aryl methyl sites for hydroxylation is 1. The Morgan fingerprint density at radius 3 is 2.44 bits per heavy atom. The van der Waals surface area contributed by atoms with Gasteiger partial charge in [0, 0.05) is 18.9 Å². The molecule has 1 N–H and O–H groups in total. The van der Waals surface area contributed by atoms with Gasteiger partial charge in [0.05, 0.1) is 17.1 Å². The predicted molar refractivity (Wildman–Crippen MR) is 63.9 cm³/mol. The van der Waals surface area contributed by atoms with Gasteiger partial charge in [-0.3, -0.25) is 0 Å². The highest BCUT2D eigenvalue weighted by Crippen LogP contribution is 2.16. The summed E-state index contributed by atoms with van der Waals surface area (Å²) < 4.78 is 24.8. The van der Waals surface area contributed by atoms with Crippen LogP contribution in [0.1, 0.15) is 26.3 Å². The van der Waals surface area contributed by atoms with Gasteiger partial charge in [0.15, 0.2) is 9.84 Å². The number of hydrogen-bond acceptors (Lipinski definition) is 3. The number of hydrogen-bond donors (Lipinski definition) is 1. The summed E-state index contributed by atoms with van der Waals surface area (Å²) in [6.45, 7) is 5.53. The summed E-state index contributed by atoms with van der Waals surface area (Å²) in [5, 5.41) is 8.88. The van der Waals surface area contributed by atoms with Crippen LogP contribution in [-0.4, -0.2) is 28.6 Å². The minimum absolute atomic E-state index is 0.0149. The van der Waals surface area contributed by atoms with Gasteiger partial charge in [-0.15, -0.1) is 0 Å². The molecule has 0 saturated carbocycles. The molecule has 0 saturated heterocycles. The van der Waals surface area contributed by atoms with Crippen LogP contribution in [0.25, 0.3) is 0 Å². The largest absolute Gasteiger partial charge is 0.392 e. The van der Waals surface area contributed by atoms with Gasteiger partial charge in [0.25, 0.3) is 0 Å². The lowest BCUT2D eigenvalue weighted by atomic mass is 10.3.